The Morgan fingerprint density at radius 2 is 1.82 bits per heavy atom. The summed E-state index contributed by atoms with van der Waals surface area (Å²) in [5.41, 5.74) is 6.53. The van der Waals surface area contributed by atoms with Crippen LogP contribution in [-0.4, -0.2) is 18.4 Å². The second-order valence-electron chi connectivity index (χ2n) is 3.59. The van der Waals surface area contributed by atoms with Gasteiger partial charge in [0.05, 0.1) is 11.1 Å². The maximum atomic E-state index is 12.2. The molecule has 17 heavy (non-hydrogen) atoms. The zero-order chi connectivity index (χ0) is 12.5. The minimum absolute atomic E-state index is 0.0411. The van der Waals surface area contributed by atoms with Crippen molar-refractivity contribution in [3.8, 4) is 0 Å². The van der Waals surface area contributed by atoms with Gasteiger partial charge in [0, 0.05) is 0 Å². The predicted octanol–water partition coefficient (Wildman–Crippen LogP) is 1.20. The van der Waals surface area contributed by atoms with Gasteiger partial charge >= 0.3 is 0 Å². The van der Waals surface area contributed by atoms with E-state index in [1.54, 1.807) is 12.1 Å². The largest absolute Gasteiger partial charge is 0.383 e. The molecule has 0 atom stereocenters. The molecule has 1 aromatic heterocycles. The van der Waals surface area contributed by atoms with Crippen LogP contribution in [0.4, 0.5) is 5.82 Å². The highest BCUT2D eigenvalue weighted by Crippen LogP contribution is 2.23. The van der Waals surface area contributed by atoms with Crippen molar-refractivity contribution in [3.63, 3.8) is 0 Å². The quantitative estimate of drug-likeness (QED) is 0.864. The fraction of sp³-hybridized carbons (Fsp3) is 0.0909. The summed E-state index contributed by atoms with van der Waals surface area (Å²) in [5, 5.41) is 0. The number of sulfone groups is 1. The Morgan fingerprint density at radius 1 is 1.18 bits per heavy atom. The molecule has 0 saturated carbocycles. The predicted molar refractivity (Wildman–Crippen MR) is 63.1 cm³/mol. The fourth-order valence-corrected chi connectivity index (χ4v) is 2.65. The fourth-order valence-electron chi connectivity index (χ4n) is 1.38. The second-order valence-corrected chi connectivity index (χ2v) is 5.51. The van der Waals surface area contributed by atoms with Crippen molar-refractivity contribution < 1.29 is 8.42 Å². The number of nitrogens with two attached hydrogens (primary N) is 1. The van der Waals surface area contributed by atoms with Crippen molar-refractivity contribution in [1.29, 1.82) is 0 Å². The summed E-state index contributed by atoms with van der Waals surface area (Å²) in [4.78, 5) is 7.48. The number of rotatable bonds is 2. The average molecular weight is 249 g/mol. The molecule has 0 aliphatic carbocycles. The number of nitrogens with zero attached hydrogens (tertiary/aromatic N) is 2. The summed E-state index contributed by atoms with van der Waals surface area (Å²) in [5.74, 6) is -0.0411. The first-order chi connectivity index (χ1) is 8.01. The van der Waals surface area contributed by atoms with Crippen molar-refractivity contribution in [3.05, 3.63) is 42.4 Å². The molecule has 0 saturated heterocycles. The van der Waals surface area contributed by atoms with E-state index in [2.05, 4.69) is 9.97 Å². The smallest absolute Gasteiger partial charge is 0.211 e. The molecule has 0 radical (unpaired) electrons. The lowest BCUT2D eigenvalue weighted by atomic mass is 10.2. The maximum Gasteiger partial charge on any atom is 0.211 e. The van der Waals surface area contributed by atoms with Crippen molar-refractivity contribution >= 4 is 15.7 Å². The minimum Gasteiger partial charge on any atom is -0.383 e. The average Bonchev–Trinajstić information content (AvgIpc) is 2.30. The molecule has 2 N–H and O–H groups in total. The van der Waals surface area contributed by atoms with Gasteiger partial charge in [0.25, 0.3) is 0 Å². The van der Waals surface area contributed by atoms with Crippen molar-refractivity contribution in [2.24, 2.45) is 0 Å². The summed E-state index contributed by atoms with van der Waals surface area (Å²) in [6.45, 7) is 1.89. The van der Waals surface area contributed by atoms with Gasteiger partial charge in [-0.3, -0.25) is 0 Å². The molecule has 0 aliphatic heterocycles. The van der Waals surface area contributed by atoms with Crippen LogP contribution in [-0.2, 0) is 9.84 Å². The Hall–Kier alpha value is -1.95. The normalized spacial score (nSPS) is 11.4. The lowest BCUT2D eigenvalue weighted by molar-refractivity contribution is 0.595. The molecule has 5 nitrogen and oxygen atoms in total. The molecule has 0 amide bonds. The van der Waals surface area contributed by atoms with Crippen LogP contribution in [0.15, 0.2) is 46.6 Å². The van der Waals surface area contributed by atoms with E-state index in [9.17, 15) is 8.42 Å². The molecule has 0 bridgehead atoms. The molecule has 1 heterocycles. The number of aromatic nitrogens is 2. The van der Waals surface area contributed by atoms with Crippen molar-refractivity contribution in [2.75, 3.05) is 5.73 Å². The van der Waals surface area contributed by atoms with Gasteiger partial charge in [-0.15, -0.1) is 0 Å². The topological polar surface area (TPSA) is 85.9 Å². The Balaban J connectivity index is 2.58. The van der Waals surface area contributed by atoms with Crippen LogP contribution in [0.2, 0.25) is 0 Å². The summed E-state index contributed by atoms with van der Waals surface area (Å²) < 4.78 is 24.4. The molecule has 0 fully saturated rings. The Kier molecular flexibility index (Phi) is 2.81. The molecule has 0 aliphatic rings. The molecule has 88 valence electrons. The van der Waals surface area contributed by atoms with E-state index in [0.29, 0.717) is 0 Å². The second kappa shape index (κ2) is 4.14. The van der Waals surface area contributed by atoms with Gasteiger partial charge in [0.15, 0.2) is 0 Å². The Bertz CT molecular complexity index is 636. The van der Waals surface area contributed by atoms with Crippen LogP contribution in [0, 0.1) is 6.92 Å². The minimum atomic E-state index is -3.64. The third-order valence-corrected chi connectivity index (χ3v) is 4.11. The maximum absolute atomic E-state index is 12.2. The Labute approximate surface area is 99.3 Å². The lowest BCUT2D eigenvalue weighted by Crippen LogP contribution is -2.07. The number of hydrogen-bond donors (Lipinski definition) is 1. The molecule has 0 unspecified atom stereocenters. The van der Waals surface area contributed by atoms with Gasteiger partial charge in [-0.05, 0) is 19.1 Å². The van der Waals surface area contributed by atoms with Gasteiger partial charge in [0.2, 0.25) is 9.84 Å². The van der Waals surface area contributed by atoms with Gasteiger partial charge in [-0.2, -0.15) is 0 Å². The standard InChI is InChI=1S/C11H11N3O2S/c1-8-2-4-9(5-3-8)17(15,16)10-6-13-7-14-11(10)12/h2-7H,1H3,(H2,12,13,14). The number of anilines is 1. The first-order valence-corrected chi connectivity index (χ1v) is 6.37. The van der Waals surface area contributed by atoms with Crippen LogP contribution in [0.1, 0.15) is 5.56 Å². The highest BCUT2D eigenvalue weighted by atomic mass is 32.2. The molecule has 0 spiro atoms. The third-order valence-electron chi connectivity index (χ3n) is 2.33. The highest BCUT2D eigenvalue weighted by Gasteiger charge is 2.21. The third kappa shape index (κ3) is 2.12. The van der Waals surface area contributed by atoms with Gasteiger partial charge in [-0.25, -0.2) is 18.4 Å². The van der Waals surface area contributed by atoms with Crippen molar-refractivity contribution in [2.45, 2.75) is 16.7 Å². The van der Waals surface area contributed by atoms with E-state index in [0.717, 1.165) is 5.56 Å². The first-order valence-electron chi connectivity index (χ1n) is 4.89. The van der Waals surface area contributed by atoms with E-state index in [1.807, 2.05) is 6.92 Å². The number of hydrogen-bond acceptors (Lipinski definition) is 5. The molecule has 2 rings (SSSR count). The van der Waals surface area contributed by atoms with Crippen LogP contribution in [0.3, 0.4) is 0 Å². The van der Waals surface area contributed by atoms with Gasteiger partial charge < -0.3 is 5.73 Å². The lowest BCUT2D eigenvalue weighted by Gasteiger charge is -2.06. The summed E-state index contributed by atoms with van der Waals surface area (Å²) in [7, 11) is -3.64. The first kappa shape index (κ1) is 11.5. The van der Waals surface area contributed by atoms with Crippen molar-refractivity contribution in [1.82, 2.24) is 9.97 Å². The molecule has 1 aromatic carbocycles. The molecule has 2 aromatic rings. The van der Waals surface area contributed by atoms with E-state index < -0.39 is 9.84 Å². The monoisotopic (exact) mass is 249 g/mol. The SMILES string of the molecule is Cc1ccc(S(=O)(=O)c2cncnc2N)cc1. The number of benzene rings is 1. The zero-order valence-electron chi connectivity index (χ0n) is 9.16. The summed E-state index contributed by atoms with van der Waals surface area (Å²) in [6, 6.07) is 6.54. The number of aryl methyl sites for hydroxylation is 1. The van der Waals surface area contributed by atoms with Gasteiger partial charge in [-0.1, -0.05) is 17.7 Å². The van der Waals surface area contributed by atoms with E-state index in [1.165, 1.54) is 24.7 Å². The highest BCUT2D eigenvalue weighted by molar-refractivity contribution is 7.91. The number of nitrogen functional groups attached to an aromatic ring is 1. The molecular formula is C11H11N3O2S. The van der Waals surface area contributed by atoms with Crippen LogP contribution < -0.4 is 5.73 Å². The van der Waals surface area contributed by atoms with Crippen LogP contribution in [0.5, 0.6) is 0 Å². The molecule has 6 heteroatoms. The van der Waals surface area contributed by atoms with Gasteiger partial charge in [0.1, 0.15) is 17.0 Å². The van der Waals surface area contributed by atoms with Crippen LogP contribution >= 0.6 is 0 Å². The molecular weight excluding hydrogens is 238 g/mol. The Morgan fingerprint density at radius 3 is 2.41 bits per heavy atom. The van der Waals surface area contributed by atoms with E-state index in [4.69, 9.17) is 5.73 Å². The summed E-state index contributed by atoms with van der Waals surface area (Å²) >= 11 is 0. The van der Waals surface area contributed by atoms with E-state index >= 15 is 0 Å². The van der Waals surface area contributed by atoms with E-state index in [-0.39, 0.29) is 15.6 Å². The zero-order valence-corrected chi connectivity index (χ0v) is 9.98. The summed E-state index contributed by atoms with van der Waals surface area (Å²) in [6.07, 6.45) is 2.42. The van der Waals surface area contributed by atoms with Crippen LogP contribution in [0.25, 0.3) is 0 Å².